The van der Waals surface area contributed by atoms with Gasteiger partial charge in [-0.3, -0.25) is 4.79 Å². The van der Waals surface area contributed by atoms with Crippen LogP contribution < -0.4 is 16.4 Å². The number of hydrogen-bond donors (Lipinski definition) is 2. The van der Waals surface area contributed by atoms with E-state index >= 15 is 0 Å². The lowest BCUT2D eigenvalue weighted by molar-refractivity contribution is 0.100. The van der Waals surface area contributed by atoms with Crippen LogP contribution in [0.15, 0.2) is 18.2 Å². The summed E-state index contributed by atoms with van der Waals surface area (Å²) >= 11 is 0. The third kappa shape index (κ3) is 3.06. The Balaban J connectivity index is 2.17. The van der Waals surface area contributed by atoms with Crippen LogP contribution in [0.4, 0.5) is 11.4 Å². The summed E-state index contributed by atoms with van der Waals surface area (Å²) in [6.45, 7) is 8.82. The lowest BCUT2D eigenvalue weighted by Crippen LogP contribution is -2.38. The van der Waals surface area contributed by atoms with Gasteiger partial charge in [0.2, 0.25) is 0 Å². The van der Waals surface area contributed by atoms with Crippen molar-refractivity contribution in [3.63, 3.8) is 0 Å². The van der Waals surface area contributed by atoms with Crippen LogP contribution in [0.5, 0.6) is 0 Å². The van der Waals surface area contributed by atoms with Crippen LogP contribution in [0.2, 0.25) is 0 Å². The van der Waals surface area contributed by atoms with E-state index in [4.69, 9.17) is 11.5 Å². The smallest absolute Gasteiger partial charge is 0.250 e. The van der Waals surface area contributed by atoms with Gasteiger partial charge in [0, 0.05) is 24.5 Å². The average Bonchev–Trinajstić information content (AvgIpc) is 2.37. The van der Waals surface area contributed by atoms with E-state index in [0.29, 0.717) is 16.7 Å². The number of amides is 1. The van der Waals surface area contributed by atoms with Gasteiger partial charge in [-0.15, -0.1) is 0 Å². The number of carbonyl (C=O) groups excluding carboxylic acids is 1. The van der Waals surface area contributed by atoms with E-state index in [-0.39, 0.29) is 0 Å². The molecule has 1 aromatic rings. The Bertz CT molecular complexity index is 497. The molecule has 110 valence electrons. The maximum Gasteiger partial charge on any atom is 0.250 e. The number of anilines is 2. The minimum absolute atomic E-state index is 0.347. The molecule has 0 bridgehead atoms. The standard InChI is InChI=1S/C16H25N3O/c1-16(2,3)11-6-8-19(9-7-11)14-5-4-12(17)10-13(14)15(18)20/h4-5,10-11H,6-9,17H2,1-3H3,(H2,18,20). The van der Waals surface area contributed by atoms with Crippen molar-refractivity contribution in [2.24, 2.45) is 17.1 Å². The molecule has 2 rings (SSSR count). The van der Waals surface area contributed by atoms with Crippen LogP contribution in [0.3, 0.4) is 0 Å². The number of nitrogens with two attached hydrogens (primary N) is 2. The predicted molar refractivity (Wildman–Crippen MR) is 83.8 cm³/mol. The summed E-state index contributed by atoms with van der Waals surface area (Å²) in [6, 6.07) is 5.41. The third-order valence-electron chi connectivity index (χ3n) is 4.35. The molecule has 0 saturated carbocycles. The fourth-order valence-corrected chi connectivity index (χ4v) is 3.01. The fraction of sp³-hybridized carbons (Fsp3) is 0.562. The summed E-state index contributed by atoms with van der Waals surface area (Å²) in [6.07, 6.45) is 2.29. The normalized spacial score (nSPS) is 17.2. The van der Waals surface area contributed by atoms with E-state index in [2.05, 4.69) is 25.7 Å². The quantitative estimate of drug-likeness (QED) is 0.815. The van der Waals surface area contributed by atoms with Gasteiger partial charge in [0.15, 0.2) is 0 Å². The second kappa shape index (κ2) is 5.35. The van der Waals surface area contributed by atoms with Crippen molar-refractivity contribution in [1.29, 1.82) is 0 Å². The molecule has 0 unspecified atom stereocenters. The summed E-state index contributed by atoms with van der Waals surface area (Å²) < 4.78 is 0. The highest BCUT2D eigenvalue weighted by Gasteiger charge is 2.29. The molecule has 0 radical (unpaired) electrons. The van der Waals surface area contributed by atoms with Gasteiger partial charge in [0.05, 0.1) is 5.56 Å². The second-order valence-corrected chi connectivity index (χ2v) is 6.77. The molecule has 0 aromatic heterocycles. The summed E-state index contributed by atoms with van der Waals surface area (Å²) in [4.78, 5) is 13.8. The molecule has 0 aliphatic carbocycles. The Hall–Kier alpha value is -1.71. The molecule has 1 amide bonds. The van der Waals surface area contributed by atoms with Crippen molar-refractivity contribution in [3.8, 4) is 0 Å². The number of benzene rings is 1. The molecule has 1 aliphatic rings. The van der Waals surface area contributed by atoms with Gasteiger partial charge in [0.25, 0.3) is 5.91 Å². The van der Waals surface area contributed by atoms with Crippen LogP contribution in [0.1, 0.15) is 44.0 Å². The average molecular weight is 275 g/mol. The highest BCUT2D eigenvalue weighted by Crippen LogP contribution is 2.36. The van der Waals surface area contributed by atoms with Gasteiger partial charge in [-0.2, -0.15) is 0 Å². The lowest BCUT2D eigenvalue weighted by Gasteiger charge is -2.40. The molecule has 1 saturated heterocycles. The van der Waals surface area contributed by atoms with Crippen molar-refractivity contribution in [1.82, 2.24) is 0 Å². The van der Waals surface area contributed by atoms with E-state index in [0.717, 1.165) is 37.5 Å². The number of nitrogen functional groups attached to an aromatic ring is 1. The van der Waals surface area contributed by atoms with E-state index < -0.39 is 5.91 Å². The number of rotatable bonds is 2. The Labute approximate surface area is 121 Å². The first-order chi connectivity index (χ1) is 9.29. The molecule has 0 spiro atoms. The summed E-state index contributed by atoms with van der Waals surface area (Å²) in [5.74, 6) is 0.315. The molecular weight excluding hydrogens is 250 g/mol. The number of nitrogens with zero attached hydrogens (tertiary/aromatic N) is 1. The first-order valence-corrected chi connectivity index (χ1v) is 7.23. The molecular formula is C16H25N3O. The monoisotopic (exact) mass is 275 g/mol. The summed E-state index contributed by atoms with van der Waals surface area (Å²) in [5.41, 5.74) is 13.6. The van der Waals surface area contributed by atoms with Crippen molar-refractivity contribution in [3.05, 3.63) is 23.8 Å². The number of piperidine rings is 1. The fourth-order valence-electron chi connectivity index (χ4n) is 3.01. The molecule has 1 aromatic carbocycles. The molecule has 4 heteroatoms. The summed E-state index contributed by atoms with van der Waals surface area (Å²) in [7, 11) is 0. The largest absolute Gasteiger partial charge is 0.399 e. The number of primary amides is 1. The Morgan fingerprint density at radius 2 is 1.85 bits per heavy atom. The van der Waals surface area contributed by atoms with Crippen molar-refractivity contribution in [2.45, 2.75) is 33.6 Å². The van der Waals surface area contributed by atoms with Gasteiger partial charge in [0.1, 0.15) is 0 Å². The van der Waals surface area contributed by atoms with E-state index in [9.17, 15) is 4.79 Å². The Morgan fingerprint density at radius 3 is 2.35 bits per heavy atom. The summed E-state index contributed by atoms with van der Waals surface area (Å²) in [5, 5.41) is 0. The molecule has 1 heterocycles. The van der Waals surface area contributed by atoms with E-state index in [1.54, 1.807) is 6.07 Å². The minimum Gasteiger partial charge on any atom is -0.399 e. The van der Waals surface area contributed by atoms with Crippen molar-refractivity contribution < 1.29 is 4.79 Å². The molecule has 4 nitrogen and oxygen atoms in total. The molecule has 4 N–H and O–H groups in total. The lowest BCUT2D eigenvalue weighted by atomic mass is 9.75. The van der Waals surface area contributed by atoms with Gasteiger partial charge in [-0.05, 0) is 42.4 Å². The van der Waals surface area contributed by atoms with Gasteiger partial charge < -0.3 is 16.4 Å². The predicted octanol–water partition coefficient (Wildman–Crippen LogP) is 2.63. The minimum atomic E-state index is -0.412. The third-order valence-corrected chi connectivity index (χ3v) is 4.35. The van der Waals surface area contributed by atoms with Gasteiger partial charge in [-0.1, -0.05) is 20.8 Å². The first-order valence-electron chi connectivity index (χ1n) is 7.23. The van der Waals surface area contributed by atoms with Gasteiger partial charge in [-0.25, -0.2) is 0 Å². The van der Waals surface area contributed by atoms with E-state index in [1.807, 2.05) is 12.1 Å². The highest BCUT2D eigenvalue weighted by molar-refractivity contribution is 5.99. The van der Waals surface area contributed by atoms with Crippen LogP contribution >= 0.6 is 0 Å². The maximum absolute atomic E-state index is 11.6. The Morgan fingerprint density at radius 1 is 1.25 bits per heavy atom. The topological polar surface area (TPSA) is 72.3 Å². The van der Waals surface area contributed by atoms with Crippen molar-refractivity contribution in [2.75, 3.05) is 23.7 Å². The zero-order chi connectivity index (χ0) is 14.9. The number of carbonyl (C=O) groups is 1. The molecule has 20 heavy (non-hydrogen) atoms. The van der Waals surface area contributed by atoms with Crippen LogP contribution in [-0.4, -0.2) is 19.0 Å². The number of hydrogen-bond acceptors (Lipinski definition) is 3. The van der Waals surface area contributed by atoms with Gasteiger partial charge >= 0.3 is 0 Å². The first kappa shape index (κ1) is 14.7. The molecule has 1 aliphatic heterocycles. The van der Waals surface area contributed by atoms with Crippen LogP contribution in [-0.2, 0) is 0 Å². The zero-order valence-corrected chi connectivity index (χ0v) is 12.6. The Kier molecular flexibility index (Phi) is 3.93. The maximum atomic E-state index is 11.6. The molecule has 1 fully saturated rings. The van der Waals surface area contributed by atoms with Crippen LogP contribution in [0.25, 0.3) is 0 Å². The van der Waals surface area contributed by atoms with Crippen LogP contribution in [0, 0.1) is 11.3 Å². The molecule has 0 atom stereocenters. The highest BCUT2D eigenvalue weighted by atomic mass is 16.1. The SMILES string of the molecule is CC(C)(C)C1CCN(c2ccc(N)cc2C(N)=O)CC1. The zero-order valence-electron chi connectivity index (χ0n) is 12.6. The second-order valence-electron chi connectivity index (χ2n) is 6.77. The van der Waals surface area contributed by atoms with E-state index in [1.165, 1.54) is 0 Å². The van der Waals surface area contributed by atoms with Crippen molar-refractivity contribution >= 4 is 17.3 Å².